The molecule has 1 saturated carbocycles. The summed E-state index contributed by atoms with van der Waals surface area (Å²) in [5.41, 5.74) is 0.402. The Kier molecular flexibility index (Phi) is 4.09. The quantitative estimate of drug-likeness (QED) is 0.906. The smallest absolute Gasteiger partial charge is 0.267 e. The van der Waals surface area contributed by atoms with Crippen LogP contribution in [0.15, 0.2) is 39.8 Å². The molecule has 124 valence electrons. The Bertz CT molecular complexity index is 825. The van der Waals surface area contributed by atoms with Crippen molar-refractivity contribution in [2.75, 3.05) is 0 Å². The highest BCUT2D eigenvalue weighted by atomic mass is 32.2. The van der Waals surface area contributed by atoms with Gasteiger partial charge in [0.2, 0.25) is 12.3 Å². The Morgan fingerprint density at radius 1 is 1.30 bits per heavy atom. The number of para-hydroxylation sites is 1. The molecule has 23 heavy (non-hydrogen) atoms. The summed E-state index contributed by atoms with van der Waals surface area (Å²) in [6.07, 6.45) is -0.871. The number of carbonyl (C=O) groups is 1. The Morgan fingerprint density at radius 3 is 2.70 bits per heavy atom. The number of halogens is 2. The summed E-state index contributed by atoms with van der Waals surface area (Å²) in [6.45, 7) is 0. The van der Waals surface area contributed by atoms with Gasteiger partial charge in [-0.25, -0.2) is 21.9 Å². The molecule has 8 heteroatoms. The molecule has 5 nitrogen and oxygen atoms in total. The van der Waals surface area contributed by atoms with Gasteiger partial charge in [-0.3, -0.25) is 4.79 Å². The molecule has 1 heterocycles. The minimum atomic E-state index is -4.04. The number of rotatable bonds is 5. The highest BCUT2D eigenvalue weighted by molar-refractivity contribution is 7.90. The zero-order valence-electron chi connectivity index (χ0n) is 12.0. The van der Waals surface area contributed by atoms with Crippen molar-refractivity contribution in [3.05, 3.63) is 30.5 Å². The fourth-order valence-corrected chi connectivity index (χ4v) is 3.96. The Balaban J connectivity index is 1.66. The number of alkyl halides is 2. The molecule has 1 N–H and O–H groups in total. The topological polar surface area (TPSA) is 76.4 Å². The molecule has 0 spiro atoms. The minimum Gasteiger partial charge on any atom is -0.463 e. The highest BCUT2D eigenvalue weighted by Crippen LogP contribution is 2.39. The molecule has 0 unspecified atom stereocenters. The molecule has 0 saturated heterocycles. The third-order valence-electron chi connectivity index (χ3n) is 4.09. The molecule has 1 fully saturated rings. The molecule has 3 rings (SSSR count). The number of sulfonamides is 1. The summed E-state index contributed by atoms with van der Waals surface area (Å²) < 4.78 is 56.4. The van der Waals surface area contributed by atoms with Crippen LogP contribution >= 0.6 is 0 Å². The summed E-state index contributed by atoms with van der Waals surface area (Å²) in [6, 6.07) is 6.57. The van der Waals surface area contributed by atoms with Gasteiger partial charge in [-0.2, -0.15) is 0 Å². The van der Waals surface area contributed by atoms with E-state index in [0.717, 1.165) is 6.26 Å². The number of nitrogens with one attached hydrogen (secondary N) is 1. The normalized spacial score (nSPS) is 21.3. The second kappa shape index (κ2) is 5.92. The van der Waals surface area contributed by atoms with Crippen LogP contribution in [-0.2, 0) is 14.8 Å². The van der Waals surface area contributed by atoms with Gasteiger partial charge in [-0.1, -0.05) is 12.1 Å². The molecular weight excluding hydrogens is 328 g/mol. The van der Waals surface area contributed by atoms with Gasteiger partial charge in [0.25, 0.3) is 10.0 Å². The molecule has 1 aliphatic rings. The van der Waals surface area contributed by atoms with E-state index in [1.165, 1.54) is 0 Å². The second-order valence-electron chi connectivity index (χ2n) is 5.76. The summed E-state index contributed by atoms with van der Waals surface area (Å²) >= 11 is 0. The van der Waals surface area contributed by atoms with E-state index in [9.17, 15) is 22.0 Å². The third-order valence-corrected chi connectivity index (χ3v) is 5.48. The third kappa shape index (κ3) is 3.21. The summed E-state index contributed by atoms with van der Waals surface area (Å²) in [5.74, 6) is -1.56. The van der Waals surface area contributed by atoms with Gasteiger partial charge in [-0.05, 0) is 30.9 Å². The van der Waals surface area contributed by atoms with E-state index in [2.05, 4.69) is 0 Å². The first-order valence-electron chi connectivity index (χ1n) is 7.17. The van der Waals surface area contributed by atoms with Crippen molar-refractivity contribution in [2.45, 2.75) is 30.6 Å². The van der Waals surface area contributed by atoms with Crippen molar-refractivity contribution in [1.29, 1.82) is 0 Å². The number of fused-ring (bicyclic) bond motifs is 1. The maximum absolute atomic E-state index is 12.4. The fraction of sp³-hybridized carbons (Fsp3) is 0.400. The lowest BCUT2D eigenvalue weighted by molar-refractivity contribution is -0.122. The van der Waals surface area contributed by atoms with Crippen LogP contribution in [0, 0.1) is 11.8 Å². The molecule has 1 amide bonds. The molecule has 0 atom stereocenters. The predicted molar refractivity (Wildman–Crippen MR) is 78.4 cm³/mol. The monoisotopic (exact) mass is 343 g/mol. The van der Waals surface area contributed by atoms with E-state index in [0.29, 0.717) is 11.0 Å². The van der Waals surface area contributed by atoms with Crippen LogP contribution in [0.1, 0.15) is 19.3 Å². The first kappa shape index (κ1) is 15.9. The van der Waals surface area contributed by atoms with E-state index in [1.54, 1.807) is 24.3 Å². The van der Waals surface area contributed by atoms with E-state index in [4.69, 9.17) is 4.42 Å². The Morgan fingerprint density at radius 2 is 2.00 bits per heavy atom. The number of amides is 1. The molecule has 1 aromatic heterocycles. The van der Waals surface area contributed by atoms with Crippen molar-refractivity contribution in [1.82, 2.24) is 4.72 Å². The average Bonchev–Trinajstić information content (AvgIpc) is 2.86. The maximum atomic E-state index is 12.4. The van der Waals surface area contributed by atoms with Gasteiger partial charge in [0.15, 0.2) is 0 Å². The van der Waals surface area contributed by atoms with Crippen molar-refractivity contribution in [3.63, 3.8) is 0 Å². The largest absolute Gasteiger partial charge is 0.463 e. The summed E-state index contributed by atoms with van der Waals surface area (Å²) in [7, 11) is -4.04. The maximum Gasteiger partial charge on any atom is 0.267 e. The van der Waals surface area contributed by atoms with Crippen LogP contribution in [0.25, 0.3) is 11.0 Å². The Hall–Kier alpha value is -1.96. The summed E-state index contributed by atoms with van der Waals surface area (Å²) in [4.78, 5) is 11.8. The van der Waals surface area contributed by atoms with Gasteiger partial charge >= 0.3 is 0 Å². The average molecular weight is 343 g/mol. The van der Waals surface area contributed by atoms with E-state index < -0.39 is 28.3 Å². The van der Waals surface area contributed by atoms with Crippen LogP contribution in [0.3, 0.4) is 0 Å². The minimum absolute atomic E-state index is 0.0712. The van der Waals surface area contributed by atoms with Crippen molar-refractivity contribution < 1.29 is 26.4 Å². The number of hydrogen-bond acceptors (Lipinski definition) is 4. The molecule has 2 aromatic rings. The second-order valence-corrected chi connectivity index (χ2v) is 7.41. The fourth-order valence-electron chi connectivity index (χ4n) is 2.83. The standard InChI is InChI=1S/C15H15F2NO4S/c16-15(17)10-5-9(6-10)7-14(19)18-23(20,21)13-8-22-12-4-2-1-3-11(12)13/h1-4,8-10,15H,5-7H2,(H,18,19). The van der Waals surface area contributed by atoms with Gasteiger partial charge < -0.3 is 4.42 Å². The van der Waals surface area contributed by atoms with Crippen LogP contribution in [0.2, 0.25) is 0 Å². The molecule has 0 bridgehead atoms. The molecule has 0 radical (unpaired) electrons. The molecule has 1 aromatic carbocycles. The van der Waals surface area contributed by atoms with Gasteiger partial charge in [-0.15, -0.1) is 0 Å². The zero-order chi connectivity index (χ0) is 16.6. The number of hydrogen-bond donors (Lipinski definition) is 1. The number of benzene rings is 1. The van der Waals surface area contributed by atoms with Crippen LogP contribution in [0.4, 0.5) is 8.78 Å². The molecule has 0 aliphatic heterocycles. The van der Waals surface area contributed by atoms with Crippen molar-refractivity contribution >= 4 is 26.9 Å². The van der Waals surface area contributed by atoms with E-state index >= 15 is 0 Å². The van der Waals surface area contributed by atoms with Crippen LogP contribution in [0.5, 0.6) is 0 Å². The van der Waals surface area contributed by atoms with Gasteiger partial charge in [0, 0.05) is 17.7 Å². The SMILES string of the molecule is O=C(CC1CC(C(F)F)C1)NS(=O)(=O)c1coc2ccccc12. The van der Waals surface area contributed by atoms with E-state index in [-0.39, 0.29) is 30.1 Å². The predicted octanol–water partition coefficient (Wildman–Crippen LogP) is 2.92. The van der Waals surface area contributed by atoms with Crippen LogP contribution < -0.4 is 4.72 Å². The van der Waals surface area contributed by atoms with E-state index in [1.807, 2.05) is 4.72 Å². The lowest BCUT2D eigenvalue weighted by Gasteiger charge is -2.34. The first-order valence-corrected chi connectivity index (χ1v) is 8.65. The lowest BCUT2D eigenvalue weighted by atomic mass is 9.73. The number of furan rings is 1. The van der Waals surface area contributed by atoms with Crippen molar-refractivity contribution in [3.8, 4) is 0 Å². The zero-order valence-corrected chi connectivity index (χ0v) is 12.9. The van der Waals surface area contributed by atoms with Crippen molar-refractivity contribution in [2.24, 2.45) is 11.8 Å². The number of carbonyl (C=O) groups excluding carboxylic acids is 1. The summed E-state index contributed by atoms with van der Waals surface area (Å²) in [5, 5.41) is 0.384. The van der Waals surface area contributed by atoms with Gasteiger partial charge in [0.05, 0.1) is 0 Å². The first-order chi connectivity index (χ1) is 10.9. The molecule has 1 aliphatic carbocycles. The molecular formula is C15H15F2NO4S. The Labute approximate surface area is 131 Å². The lowest BCUT2D eigenvalue weighted by Crippen LogP contribution is -2.36. The van der Waals surface area contributed by atoms with Crippen LogP contribution in [-0.4, -0.2) is 20.8 Å². The van der Waals surface area contributed by atoms with Gasteiger partial charge in [0.1, 0.15) is 16.7 Å². The highest BCUT2D eigenvalue weighted by Gasteiger charge is 2.37.